The van der Waals surface area contributed by atoms with Crippen LogP contribution in [0.5, 0.6) is 5.75 Å². The molecule has 35 heavy (non-hydrogen) atoms. The zero-order valence-corrected chi connectivity index (χ0v) is 19.7. The van der Waals surface area contributed by atoms with Crippen LogP contribution in [0.4, 0.5) is 24.5 Å². The summed E-state index contributed by atoms with van der Waals surface area (Å²) in [5.41, 5.74) is 0.915. The van der Waals surface area contributed by atoms with Crippen LogP contribution in [-0.2, 0) is 14.8 Å². The summed E-state index contributed by atoms with van der Waals surface area (Å²) in [6.45, 7) is 3.77. The molecule has 0 radical (unpaired) electrons. The SMILES string of the molecule is COc1ccc(S(=O)(=O)Nc2ccc(N3CCC(C)CC3)c(C(=O)O)c2)cc1.O=C(O)C(F)(F)F. The van der Waals surface area contributed by atoms with Crippen LogP contribution < -0.4 is 14.4 Å². The van der Waals surface area contributed by atoms with Crippen LogP contribution in [0, 0.1) is 5.92 Å². The summed E-state index contributed by atoms with van der Waals surface area (Å²) in [6.07, 6.45) is -3.07. The maximum Gasteiger partial charge on any atom is 0.490 e. The maximum atomic E-state index is 12.6. The van der Waals surface area contributed by atoms with Gasteiger partial charge in [0.15, 0.2) is 0 Å². The normalized spacial score (nSPS) is 14.5. The van der Waals surface area contributed by atoms with E-state index in [0.29, 0.717) is 17.4 Å². The molecule has 13 heteroatoms. The minimum Gasteiger partial charge on any atom is -0.497 e. The van der Waals surface area contributed by atoms with Crippen LogP contribution in [0.1, 0.15) is 30.1 Å². The van der Waals surface area contributed by atoms with Crippen molar-refractivity contribution in [2.75, 3.05) is 29.8 Å². The van der Waals surface area contributed by atoms with Gasteiger partial charge in [-0.15, -0.1) is 0 Å². The first-order chi connectivity index (χ1) is 16.2. The summed E-state index contributed by atoms with van der Waals surface area (Å²) in [4.78, 5) is 22.8. The van der Waals surface area contributed by atoms with Crippen molar-refractivity contribution in [3.63, 3.8) is 0 Å². The van der Waals surface area contributed by atoms with Gasteiger partial charge in [0.05, 0.1) is 23.3 Å². The van der Waals surface area contributed by atoms with E-state index in [-0.39, 0.29) is 16.1 Å². The first kappa shape index (κ1) is 27.8. The number of carboxylic acid groups (broad SMARTS) is 2. The second-order valence-electron chi connectivity index (χ2n) is 7.79. The zero-order valence-electron chi connectivity index (χ0n) is 18.9. The average Bonchev–Trinajstić information content (AvgIpc) is 2.79. The van der Waals surface area contributed by atoms with Gasteiger partial charge in [0, 0.05) is 18.8 Å². The molecule has 0 aliphatic carbocycles. The second-order valence-corrected chi connectivity index (χ2v) is 9.47. The Kier molecular flexibility index (Phi) is 8.96. The van der Waals surface area contributed by atoms with Gasteiger partial charge >= 0.3 is 18.1 Å². The van der Waals surface area contributed by atoms with Gasteiger partial charge in [-0.05, 0) is 61.2 Å². The molecule has 3 N–H and O–H groups in total. The van der Waals surface area contributed by atoms with E-state index in [4.69, 9.17) is 14.6 Å². The van der Waals surface area contributed by atoms with E-state index in [1.807, 2.05) is 4.90 Å². The molecule has 1 aliphatic rings. The molecule has 1 aliphatic heterocycles. The smallest absolute Gasteiger partial charge is 0.490 e. The van der Waals surface area contributed by atoms with E-state index in [2.05, 4.69) is 11.6 Å². The van der Waals surface area contributed by atoms with Gasteiger partial charge < -0.3 is 19.8 Å². The van der Waals surface area contributed by atoms with Crippen molar-refractivity contribution in [2.24, 2.45) is 5.92 Å². The number of hydrogen-bond acceptors (Lipinski definition) is 6. The summed E-state index contributed by atoms with van der Waals surface area (Å²) >= 11 is 0. The number of anilines is 2. The quantitative estimate of drug-likeness (QED) is 0.521. The number of nitrogens with zero attached hydrogens (tertiary/aromatic N) is 1. The molecule has 2 aromatic rings. The predicted octanol–water partition coefficient (Wildman–Crippen LogP) is 4.06. The Morgan fingerprint density at radius 3 is 2.06 bits per heavy atom. The number of rotatable bonds is 6. The van der Waals surface area contributed by atoms with Gasteiger partial charge in [-0.1, -0.05) is 6.92 Å². The molecule has 0 bridgehead atoms. The number of methoxy groups -OCH3 is 1. The topological polar surface area (TPSA) is 133 Å². The van der Waals surface area contributed by atoms with Gasteiger partial charge in [-0.3, -0.25) is 4.72 Å². The van der Waals surface area contributed by atoms with Crippen molar-refractivity contribution in [1.82, 2.24) is 0 Å². The van der Waals surface area contributed by atoms with E-state index in [9.17, 15) is 31.5 Å². The molecular weight excluding hydrogens is 493 g/mol. The van der Waals surface area contributed by atoms with Crippen LogP contribution in [-0.4, -0.2) is 56.9 Å². The summed E-state index contributed by atoms with van der Waals surface area (Å²) in [7, 11) is -2.34. The number of nitrogens with one attached hydrogen (secondary N) is 1. The van der Waals surface area contributed by atoms with Crippen molar-refractivity contribution in [1.29, 1.82) is 0 Å². The minimum absolute atomic E-state index is 0.0688. The highest BCUT2D eigenvalue weighted by Crippen LogP contribution is 2.29. The van der Waals surface area contributed by atoms with Gasteiger partial charge in [-0.25, -0.2) is 18.0 Å². The molecule has 1 fully saturated rings. The van der Waals surface area contributed by atoms with Crippen LogP contribution in [0.3, 0.4) is 0 Å². The highest BCUT2D eigenvalue weighted by molar-refractivity contribution is 7.92. The fraction of sp³-hybridized carbons (Fsp3) is 0.364. The van der Waals surface area contributed by atoms with Crippen molar-refractivity contribution < 1.29 is 46.1 Å². The number of halogens is 3. The molecule has 1 saturated heterocycles. The number of aliphatic carboxylic acids is 1. The van der Waals surface area contributed by atoms with Crippen molar-refractivity contribution >= 4 is 33.3 Å². The molecule has 0 saturated carbocycles. The summed E-state index contributed by atoms with van der Waals surface area (Å²) < 4.78 is 64.4. The lowest BCUT2D eigenvalue weighted by atomic mass is 9.98. The zero-order chi connectivity index (χ0) is 26.4. The van der Waals surface area contributed by atoms with Gasteiger partial charge in [0.25, 0.3) is 10.0 Å². The lowest BCUT2D eigenvalue weighted by Crippen LogP contribution is -2.33. The van der Waals surface area contributed by atoms with Crippen molar-refractivity contribution in [2.45, 2.75) is 30.8 Å². The third kappa shape index (κ3) is 7.77. The average molecular weight is 519 g/mol. The molecule has 3 rings (SSSR count). The maximum absolute atomic E-state index is 12.6. The Bertz CT molecular complexity index is 1140. The molecule has 2 aromatic carbocycles. The van der Waals surface area contributed by atoms with E-state index < -0.39 is 28.1 Å². The fourth-order valence-electron chi connectivity index (χ4n) is 3.27. The Balaban J connectivity index is 0.000000540. The van der Waals surface area contributed by atoms with Crippen molar-refractivity contribution in [3.8, 4) is 5.75 Å². The largest absolute Gasteiger partial charge is 0.497 e. The number of piperidine rings is 1. The molecule has 0 amide bonds. The van der Waals surface area contributed by atoms with Crippen LogP contribution in [0.25, 0.3) is 0 Å². The number of carboxylic acids is 2. The summed E-state index contributed by atoms with van der Waals surface area (Å²) in [5.74, 6) is -2.67. The van der Waals surface area contributed by atoms with Crippen LogP contribution in [0.15, 0.2) is 47.4 Å². The minimum atomic E-state index is -5.08. The predicted molar refractivity (Wildman–Crippen MR) is 122 cm³/mol. The fourth-order valence-corrected chi connectivity index (χ4v) is 4.31. The number of hydrogen-bond donors (Lipinski definition) is 3. The van der Waals surface area contributed by atoms with Gasteiger partial charge in [-0.2, -0.15) is 13.2 Å². The molecule has 1 heterocycles. The lowest BCUT2D eigenvalue weighted by Gasteiger charge is -2.33. The summed E-state index contributed by atoms with van der Waals surface area (Å²) in [6, 6.07) is 10.6. The number of carbonyl (C=O) groups is 2. The molecule has 9 nitrogen and oxygen atoms in total. The number of benzene rings is 2. The van der Waals surface area contributed by atoms with Gasteiger partial charge in [0.2, 0.25) is 0 Å². The Hall–Kier alpha value is -3.48. The number of ether oxygens (including phenoxy) is 1. The van der Waals surface area contributed by atoms with E-state index in [0.717, 1.165) is 25.9 Å². The van der Waals surface area contributed by atoms with Gasteiger partial charge in [0.1, 0.15) is 5.75 Å². The Morgan fingerprint density at radius 2 is 1.60 bits per heavy atom. The Labute approximate surface area is 200 Å². The van der Waals surface area contributed by atoms with E-state index in [1.165, 1.54) is 25.3 Å². The molecule has 0 aromatic heterocycles. The van der Waals surface area contributed by atoms with Crippen molar-refractivity contribution in [3.05, 3.63) is 48.0 Å². The Morgan fingerprint density at radius 1 is 1.06 bits per heavy atom. The van der Waals surface area contributed by atoms with E-state index >= 15 is 0 Å². The highest BCUT2D eigenvalue weighted by Gasteiger charge is 2.38. The third-order valence-corrected chi connectivity index (χ3v) is 6.61. The molecule has 192 valence electrons. The lowest BCUT2D eigenvalue weighted by molar-refractivity contribution is -0.192. The number of alkyl halides is 3. The molecule has 0 unspecified atom stereocenters. The van der Waals surface area contributed by atoms with Crippen LogP contribution >= 0.6 is 0 Å². The molecular formula is C22H25F3N2O7S. The monoisotopic (exact) mass is 518 g/mol. The number of aromatic carboxylic acids is 1. The molecule has 0 spiro atoms. The highest BCUT2D eigenvalue weighted by atomic mass is 32.2. The standard InChI is InChI=1S/C20H24N2O5S.C2HF3O2/c1-14-9-11-22(12-10-14)19-8-3-15(13-18(19)20(23)24)21-28(25,26)17-6-4-16(27-2)5-7-17;3-2(4,5)1(6)7/h3-8,13-14,21H,9-12H2,1-2H3,(H,23,24);(H,6,7). The van der Waals surface area contributed by atoms with E-state index in [1.54, 1.807) is 24.3 Å². The first-order valence-electron chi connectivity index (χ1n) is 10.3. The first-order valence-corrected chi connectivity index (χ1v) is 11.8. The number of sulfonamides is 1. The molecule has 0 atom stereocenters. The summed E-state index contributed by atoms with van der Waals surface area (Å²) in [5, 5.41) is 16.8. The third-order valence-electron chi connectivity index (χ3n) is 5.22. The second kappa shape index (κ2) is 11.3. The van der Waals surface area contributed by atoms with Crippen LogP contribution in [0.2, 0.25) is 0 Å².